The number of benzene rings is 1. The highest BCUT2D eigenvalue weighted by Crippen LogP contribution is 2.52. The summed E-state index contributed by atoms with van der Waals surface area (Å²) in [5.41, 5.74) is 0.805. The predicted octanol–water partition coefficient (Wildman–Crippen LogP) is 5.01. The fourth-order valence-electron chi connectivity index (χ4n) is 5.16. The predicted molar refractivity (Wildman–Crippen MR) is 120 cm³/mol. The number of fused-ring (bicyclic) bond motifs is 3. The van der Waals surface area contributed by atoms with E-state index in [4.69, 9.17) is 9.47 Å². The highest BCUT2D eigenvalue weighted by Gasteiger charge is 2.52. The van der Waals surface area contributed by atoms with Gasteiger partial charge in [0.1, 0.15) is 17.1 Å². The van der Waals surface area contributed by atoms with Gasteiger partial charge in [-0.1, -0.05) is 11.6 Å². The smallest absolute Gasteiger partial charge is 0.232 e. The van der Waals surface area contributed by atoms with Gasteiger partial charge in [-0.25, -0.2) is 0 Å². The van der Waals surface area contributed by atoms with Crippen LogP contribution in [0.25, 0.3) is 0 Å². The lowest BCUT2D eigenvalue weighted by molar-refractivity contribution is -0.0538. The highest BCUT2D eigenvalue weighted by molar-refractivity contribution is 6.29. The maximum atomic E-state index is 13.6. The van der Waals surface area contributed by atoms with Crippen molar-refractivity contribution in [2.24, 2.45) is 5.92 Å². The first-order valence-electron chi connectivity index (χ1n) is 11.0. The van der Waals surface area contributed by atoms with Crippen molar-refractivity contribution in [3.8, 4) is 11.5 Å². The Morgan fingerprint density at radius 3 is 2.59 bits per heavy atom. The van der Waals surface area contributed by atoms with Gasteiger partial charge in [0, 0.05) is 24.7 Å². The first-order valence-corrected chi connectivity index (χ1v) is 11.0. The molecule has 2 N–H and O–H groups in total. The van der Waals surface area contributed by atoms with Crippen LogP contribution in [0.2, 0.25) is 0 Å². The zero-order valence-corrected chi connectivity index (χ0v) is 19.2. The molecule has 0 spiro atoms. The zero-order chi connectivity index (χ0) is 23.4. The highest BCUT2D eigenvalue weighted by atomic mass is 16.5. The normalized spacial score (nSPS) is 28.9. The summed E-state index contributed by atoms with van der Waals surface area (Å²) < 4.78 is 12.1. The van der Waals surface area contributed by atoms with Gasteiger partial charge < -0.3 is 19.7 Å². The summed E-state index contributed by atoms with van der Waals surface area (Å²) in [6.45, 7) is 8.04. The van der Waals surface area contributed by atoms with Gasteiger partial charge >= 0.3 is 0 Å². The number of aromatic hydroxyl groups is 2. The molecule has 170 valence electrons. The number of carbonyl (C=O) groups is 2. The van der Waals surface area contributed by atoms with E-state index in [1.54, 1.807) is 7.11 Å². The largest absolute Gasteiger partial charge is 0.508 e. The molecule has 0 saturated heterocycles. The van der Waals surface area contributed by atoms with E-state index in [0.29, 0.717) is 6.42 Å². The Balaban J connectivity index is 1.91. The fourth-order valence-corrected chi connectivity index (χ4v) is 5.16. The second kappa shape index (κ2) is 7.62. The van der Waals surface area contributed by atoms with Crippen LogP contribution in [0, 0.1) is 5.92 Å². The van der Waals surface area contributed by atoms with Crippen LogP contribution >= 0.6 is 0 Å². The summed E-state index contributed by atoms with van der Waals surface area (Å²) in [6.07, 6.45) is 7.07. The third-order valence-electron chi connectivity index (χ3n) is 7.02. The maximum Gasteiger partial charge on any atom is 0.232 e. The summed E-state index contributed by atoms with van der Waals surface area (Å²) in [5, 5.41) is 20.3. The Hall–Kier alpha value is -2.86. The molecule has 6 nitrogen and oxygen atoms in total. The number of hydrogen-bond acceptors (Lipinski definition) is 6. The molecule has 3 aliphatic rings. The summed E-state index contributed by atoms with van der Waals surface area (Å²) in [4.78, 5) is 27.0. The average molecular weight is 439 g/mol. The maximum absolute atomic E-state index is 13.6. The summed E-state index contributed by atoms with van der Waals surface area (Å²) >= 11 is 0. The van der Waals surface area contributed by atoms with E-state index >= 15 is 0 Å². The molecule has 0 aromatic heterocycles. The molecule has 6 heteroatoms. The average Bonchev–Trinajstić information content (AvgIpc) is 2.71. The van der Waals surface area contributed by atoms with Gasteiger partial charge in [0.25, 0.3) is 0 Å². The minimum Gasteiger partial charge on any atom is -0.508 e. The Bertz CT molecular complexity index is 1100. The van der Waals surface area contributed by atoms with Crippen molar-refractivity contribution in [1.29, 1.82) is 0 Å². The lowest BCUT2D eigenvalue weighted by atomic mass is 9.65. The third kappa shape index (κ3) is 3.47. The number of ketones is 2. The van der Waals surface area contributed by atoms with Crippen molar-refractivity contribution >= 4 is 11.6 Å². The fraction of sp³-hybridized carbons (Fsp3) is 0.462. The molecule has 0 radical (unpaired) electrons. The SMILES string of the molecule is CO[C@]1(C)C=C2C3=C(O[C@@](C)(CCC=C(C)C)[C@@H]2CC1)C(=O)c1c(O)cc(O)cc1C3=O. The Labute approximate surface area is 188 Å². The van der Waals surface area contributed by atoms with Crippen LogP contribution in [0.3, 0.4) is 0 Å². The Morgan fingerprint density at radius 1 is 1.22 bits per heavy atom. The van der Waals surface area contributed by atoms with Crippen molar-refractivity contribution in [1.82, 2.24) is 0 Å². The summed E-state index contributed by atoms with van der Waals surface area (Å²) in [6, 6.07) is 2.30. The lowest BCUT2D eigenvalue weighted by Crippen LogP contribution is -2.49. The number of allylic oxidation sites excluding steroid dienone is 4. The Kier molecular flexibility index (Phi) is 5.32. The van der Waals surface area contributed by atoms with Crippen LogP contribution in [0.5, 0.6) is 11.5 Å². The molecule has 1 aliphatic heterocycles. The first kappa shape index (κ1) is 22.3. The molecular weight excluding hydrogens is 408 g/mol. The van der Waals surface area contributed by atoms with Crippen molar-refractivity contribution in [2.75, 3.05) is 7.11 Å². The van der Waals surface area contributed by atoms with Crippen LogP contribution in [-0.4, -0.2) is 40.1 Å². The van der Waals surface area contributed by atoms with E-state index < -0.39 is 28.5 Å². The molecule has 32 heavy (non-hydrogen) atoms. The monoisotopic (exact) mass is 438 g/mol. The van der Waals surface area contributed by atoms with E-state index in [-0.39, 0.29) is 34.1 Å². The van der Waals surface area contributed by atoms with Gasteiger partial charge in [-0.15, -0.1) is 0 Å². The van der Waals surface area contributed by atoms with E-state index in [9.17, 15) is 19.8 Å². The van der Waals surface area contributed by atoms with Crippen LogP contribution in [0.1, 0.15) is 74.1 Å². The van der Waals surface area contributed by atoms with Crippen LogP contribution in [0.15, 0.2) is 46.8 Å². The Morgan fingerprint density at radius 2 is 1.94 bits per heavy atom. The van der Waals surface area contributed by atoms with Crippen molar-refractivity contribution in [2.45, 2.75) is 64.6 Å². The van der Waals surface area contributed by atoms with Crippen LogP contribution in [-0.2, 0) is 9.47 Å². The van der Waals surface area contributed by atoms with E-state index in [1.807, 2.05) is 33.8 Å². The molecule has 1 aromatic carbocycles. The molecule has 1 heterocycles. The van der Waals surface area contributed by atoms with Gasteiger partial charge in [-0.05, 0) is 71.1 Å². The van der Waals surface area contributed by atoms with E-state index in [1.165, 1.54) is 11.6 Å². The number of methoxy groups -OCH3 is 1. The zero-order valence-electron chi connectivity index (χ0n) is 19.2. The molecule has 3 atom stereocenters. The molecule has 0 amide bonds. The van der Waals surface area contributed by atoms with Gasteiger partial charge in [0.15, 0.2) is 11.5 Å². The molecule has 0 fully saturated rings. The first-order chi connectivity index (χ1) is 15.0. The lowest BCUT2D eigenvalue weighted by Gasteiger charge is -2.49. The third-order valence-corrected chi connectivity index (χ3v) is 7.02. The topological polar surface area (TPSA) is 93.1 Å². The number of phenols is 2. The molecule has 0 saturated carbocycles. The van der Waals surface area contributed by atoms with Crippen molar-refractivity contribution < 1.29 is 29.3 Å². The van der Waals surface area contributed by atoms with E-state index in [0.717, 1.165) is 30.9 Å². The molecule has 0 unspecified atom stereocenters. The number of hydrogen-bond donors (Lipinski definition) is 2. The molecular formula is C26H30O6. The van der Waals surface area contributed by atoms with Crippen LogP contribution in [0.4, 0.5) is 0 Å². The summed E-state index contributed by atoms with van der Waals surface area (Å²) in [5.74, 6) is -1.77. The molecule has 2 aliphatic carbocycles. The number of ether oxygens (including phenoxy) is 2. The standard InChI is InChI=1S/C26H30O6/c1-14(2)7-6-9-26(4)18-8-10-25(3,31-5)13-17(18)21-22(29)16-11-15(27)12-19(28)20(16)23(30)24(21)32-26/h7,11-13,18,27-28H,6,8-10H2,1-5H3/t18-,25+,26+/m1/s1. The summed E-state index contributed by atoms with van der Waals surface area (Å²) in [7, 11) is 1.64. The van der Waals surface area contributed by atoms with E-state index in [2.05, 4.69) is 6.08 Å². The minimum atomic E-state index is -0.689. The number of carbonyl (C=O) groups excluding carboxylic acids is 2. The number of rotatable bonds is 4. The quantitative estimate of drug-likeness (QED) is 0.642. The van der Waals surface area contributed by atoms with Gasteiger partial charge in [0.2, 0.25) is 5.78 Å². The van der Waals surface area contributed by atoms with Gasteiger partial charge in [0.05, 0.1) is 16.7 Å². The number of Topliss-reactive ketones (excluding diaryl/α,β-unsaturated/α-hetero) is 2. The van der Waals surface area contributed by atoms with Gasteiger partial charge in [-0.3, -0.25) is 9.59 Å². The second-order valence-electron chi connectivity index (χ2n) is 9.69. The van der Waals surface area contributed by atoms with Crippen molar-refractivity contribution in [3.05, 3.63) is 57.9 Å². The molecule has 4 rings (SSSR count). The second-order valence-corrected chi connectivity index (χ2v) is 9.69. The minimum absolute atomic E-state index is 0.00709. The molecule has 1 aromatic rings. The van der Waals surface area contributed by atoms with Crippen molar-refractivity contribution in [3.63, 3.8) is 0 Å². The van der Waals surface area contributed by atoms with Crippen LogP contribution < -0.4 is 0 Å². The van der Waals surface area contributed by atoms with Gasteiger partial charge in [-0.2, -0.15) is 0 Å². The molecule has 0 bridgehead atoms. The number of phenolic OH excluding ortho intramolecular Hbond substituents is 2.